The highest BCUT2D eigenvalue weighted by molar-refractivity contribution is 5.99. The average molecular weight is 330 g/mol. The van der Waals surface area contributed by atoms with Crippen molar-refractivity contribution in [3.8, 4) is 6.01 Å². The highest BCUT2D eigenvalue weighted by atomic mass is 16.5. The van der Waals surface area contributed by atoms with Crippen LogP contribution in [0, 0.1) is 0 Å². The van der Waals surface area contributed by atoms with Gasteiger partial charge in [0.1, 0.15) is 24.5 Å². The molecule has 1 aromatic heterocycles. The number of ether oxygens (including phenoxy) is 2. The number of rotatable bonds is 7. The minimum atomic E-state index is -0.560. The van der Waals surface area contributed by atoms with Crippen LogP contribution in [-0.2, 0) is 16.1 Å². The summed E-state index contributed by atoms with van der Waals surface area (Å²) in [7, 11) is 0. The maximum absolute atomic E-state index is 11.9. The molecule has 1 heterocycles. The molecule has 0 spiro atoms. The molecule has 0 bridgehead atoms. The van der Waals surface area contributed by atoms with Gasteiger partial charge in [-0.25, -0.2) is 4.98 Å². The maximum atomic E-state index is 11.9. The Morgan fingerprint density at radius 2 is 2.00 bits per heavy atom. The van der Waals surface area contributed by atoms with Gasteiger partial charge in [0.05, 0.1) is 6.61 Å². The lowest BCUT2D eigenvalue weighted by Gasteiger charge is -2.08. The first-order chi connectivity index (χ1) is 11.6. The lowest BCUT2D eigenvalue weighted by atomic mass is 10.2. The van der Waals surface area contributed by atoms with Gasteiger partial charge in [-0.3, -0.25) is 9.59 Å². The molecule has 24 heavy (non-hydrogen) atoms. The number of hydrogen-bond donors (Lipinski definition) is 2. The fourth-order valence-corrected chi connectivity index (χ4v) is 1.80. The summed E-state index contributed by atoms with van der Waals surface area (Å²) in [4.78, 5) is 31.1. The third kappa shape index (κ3) is 4.94. The second-order valence-corrected chi connectivity index (χ2v) is 4.71. The van der Waals surface area contributed by atoms with E-state index in [-0.39, 0.29) is 37.2 Å². The van der Waals surface area contributed by atoms with Crippen LogP contribution in [0.5, 0.6) is 6.01 Å². The zero-order chi connectivity index (χ0) is 17.4. The van der Waals surface area contributed by atoms with Gasteiger partial charge in [0.2, 0.25) is 0 Å². The van der Waals surface area contributed by atoms with E-state index in [9.17, 15) is 9.59 Å². The number of amides is 1. The Hall–Kier alpha value is -3.16. The highest BCUT2D eigenvalue weighted by Gasteiger charge is 2.14. The molecule has 3 N–H and O–H groups in total. The Morgan fingerprint density at radius 1 is 1.25 bits per heavy atom. The number of nitrogens with one attached hydrogen (secondary N) is 1. The zero-order valence-corrected chi connectivity index (χ0v) is 13.2. The average Bonchev–Trinajstić information content (AvgIpc) is 2.59. The molecule has 0 saturated carbocycles. The molecule has 2 rings (SSSR count). The van der Waals surface area contributed by atoms with E-state index >= 15 is 0 Å². The number of aromatic nitrogens is 2. The fourth-order valence-electron chi connectivity index (χ4n) is 1.80. The van der Waals surface area contributed by atoms with E-state index in [1.54, 1.807) is 6.92 Å². The van der Waals surface area contributed by atoms with E-state index < -0.39 is 11.9 Å². The van der Waals surface area contributed by atoms with Crippen LogP contribution >= 0.6 is 0 Å². The zero-order valence-electron chi connectivity index (χ0n) is 13.2. The quantitative estimate of drug-likeness (QED) is 0.725. The Labute approximate surface area is 139 Å². The molecule has 2 aromatic rings. The smallest absolute Gasteiger partial charge is 0.325 e. The first-order valence-corrected chi connectivity index (χ1v) is 7.33. The van der Waals surface area contributed by atoms with Crippen LogP contribution in [0.4, 0.5) is 5.82 Å². The van der Waals surface area contributed by atoms with Crippen LogP contribution < -0.4 is 15.8 Å². The number of esters is 1. The van der Waals surface area contributed by atoms with E-state index in [0.717, 1.165) is 5.56 Å². The first-order valence-electron chi connectivity index (χ1n) is 7.33. The Kier molecular flexibility index (Phi) is 6.07. The molecular weight excluding hydrogens is 312 g/mol. The van der Waals surface area contributed by atoms with Gasteiger partial charge in [-0.2, -0.15) is 4.98 Å². The molecule has 0 radical (unpaired) electrons. The van der Waals surface area contributed by atoms with Gasteiger partial charge in [0.15, 0.2) is 0 Å². The fraction of sp³-hybridized carbons (Fsp3) is 0.250. The molecule has 8 heteroatoms. The molecule has 0 atom stereocenters. The van der Waals surface area contributed by atoms with Gasteiger partial charge < -0.3 is 20.5 Å². The molecule has 0 unspecified atom stereocenters. The number of nitrogens with two attached hydrogens (primary N) is 1. The van der Waals surface area contributed by atoms with Crippen LogP contribution in [0.3, 0.4) is 0 Å². The van der Waals surface area contributed by atoms with Crippen molar-refractivity contribution < 1.29 is 19.1 Å². The van der Waals surface area contributed by atoms with Gasteiger partial charge in [-0.05, 0) is 12.5 Å². The third-order valence-corrected chi connectivity index (χ3v) is 2.95. The molecule has 126 valence electrons. The van der Waals surface area contributed by atoms with Crippen molar-refractivity contribution in [1.29, 1.82) is 0 Å². The predicted octanol–water partition coefficient (Wildman–Crippen LogP) is 0.931. The summed E-state index contributed by atoms with van der Waals surface area (Å²) < 4.78 is 10.1. The van der Waals surface area contributed by atoms with Crippen LogP contribution in [-0.4, -0.2) is 35.0 Å². The Bertz CT molecular complexity index is 706. The minimum absolute atomic E-state index is 0.0329. The number of nitrogens with zero attached hydrogens (tertiary/aromatic N) is 2. The van der Waals surface area contributed by atoms with E-state index in [4.69, 9.17) is 15.2 Å². The van der Waals surface area contributed by atoms with Crippen molar-refractivity contribution in [3.05, 3.63) is 47.7 Å². The Balaban J connectivity index is 1.93. The molecular formula is C16H18N4O4. The molecule has 0 fully saturated rings. The second-order valence-electron chi connectivity index (χ2n) is 4.71. The summed E-state index contributed by atoms with van der Waals surface area (Å²) in [6.45, 7) is 1.96. The number of hydrogen-bond acceptors (Lipinski definition) is 7. The monoisotopic (exact) mass is 330 g/mol. The molecule has 0 aliphatic rings. The minimum Gasteiger partial charge on any atom is -0.465 e. The predicted molar refractivity (Wildman–Crippen MR) is 86.2 cm³/mol. The van der Waals surface area contributed by atoms with Gasteiger partial charge >= 0.3 is 12.0 Å². The van der Waals surface area contributed by atoms with E-state index in [2.05, 4.69) is 15.3 Å². The standard InChI is InChI=1S/C16H18N4O4/c1-2-23-13(21)9-18-15(22)12-8-19-16(20-14(12)17)24-10-11-6-4-3-5-7-11/h3-8H,2,9-10H2,1H3,(H,18,22)(H2,17,19,20). The summed E-state index contributed by atoms with van der Waals surface area (Å²) in [5.74, 6) is -1.13. The summed E-state index contributed by atoms with van der Waals surface area (Å²) >= 11 is 0. The van der Waals surface area contributed by atoms with Crippen LogP contribution in [0.2, 0.25) is 0 Å². The van der Waals surface area contributed by atoms with Crippen molar-refractivity contribution in [2.75, 3.05) is 18.9 Å². The van der Waals surface area contributed by atoms with Crippen molar-refractivity contribution >= 4 is 17.7 Å². The van der Waals surface area contributed by atoms with Crippen LogP contribution in [0.25, 0.3) is 0 Å². The van der Waals surface area contributed by atoms with Crippen molar-refractivity contribution in [2.45, 2.75) is 13.5 Å². The van der Waals surface area contributed by atoms with E-state index in [1.165, 1.54) is 6.20 Å². The first kappa shape index (κ1) is 17.2. The van der Waals surface area contributed by atoms with Crippen molar-refractivity contribution in [1.82, 2.24) is 15.3 Å². The number of benzene rings is 1. The van der Waals surface area contributed by atoms with Gasteiger partial charge in [-0.15, -0.1) is 0 Å². The number of anilines is 1. The van der Waals surface area contributed by atoms with Gasteiger partial charge in [-0.1, -0.05) is 30.3 Å². The lowest BCUT2D eigenvalue weighted by molar-refractivity contribution is -0.141. The number of nitrogen functional groups attached to an aromatic ring is 1. The summed E-state index contributed by atoms with van der Waals surface area (Å²) in [5.41, 5.74) is 6.76. The summed E-state index contributed by atoms with van der Waals surface area (Å²) in [6, 6.07) is 9.57. The molecule has 0 saturated heterocycles. The topological polar surface area (TPSA) is 116 Å². The van der Waals surface area contributed by atoms with Crippen molar-refractivity contribution in [2.24, 2.45) is 0 Å². The third-order valence-electron chi connectivity index (χ3n) is 2.95. The highest BCUT2D eigenvalue weighted by Crippen LogP contribution is 2.13. The SMILES string of the molecule is CCOC(=O)CNC(=O)c1cnc(OCc2ccccc2)nc1N. The summed E-state index contributed by atoms with van der Waals surface area (Å²) in [6.07, 6.45) is 1.25. The summed E-state index contributed by atoms with van der Waals surface area (Å²) in [5, 5.41) is 2.39. The maximum Gasteiger partial charge on any atom is 0.325 e. The van der Waals surface area contributed by atoms with E-state index in [1.807, 2.05) is 30.3 Å². The van der Waals surface area contributed by atoms with Gasteiger partial charge in [0.25, 0.3) is 5.91 Å². The molecule has 1 amide bonds. The lowest BCUT2D eigenvalue weighted by Crippen LogP contribution is -2.31. The molecule has 0 aliphatic carbocycles. The normalized spacial score (nSPS) is 10.0. The van der Waals surface area contributed by atoms with Crippen LogP contribution in [0.1, 0.15) is 22.8 Å². The molecule has 0 aliphatic heterocycles. The van der Waals surface area contributed by atoms with Crippen molar-refractivity contribution in [3.63, 3.8) is 0 Å². The number of carbonyl (C=O) groups excluding carboxylic acids is 2. The van der Waals surface area contributed by atoms with E-state index in [0.29, 0.717) is 0 Å². The van der Waals surface area contributed by atoms with Crippen LogP contribution in [0.15, 0.2) is 36.5 Å². The number of carbonyl (C=O) groups is 2. The second kappa shape index (κ2) is 8.47. The molecule has 8 nitrogen and oxygen atoms in total. The van der Waals surface area contributed by atoms with Gasteiger partial charge in [0, 0.05) is 6.20 Å². The largest absolute Gasteiger partial charge is 0.465 e. The Morgan fingerprint density at radius 3 is 2.67 bits per heavy atom. The molecule has 1 aromatic carbocycles.